The third kappa shape index (κ3) is 5.17. The van der Waals surface area contributed by atoms with Gasteiger partial charge < -0.3 is 16.0 Å². The summed E-state index contributed by atoms with van der Waals surface area (Å²) in [5.74, 6) is -1.27. The first kappa shape index (κ1) is 23.9. The molecule has 2 heterocycles. The van der Waals surface area contributed by atoms with Gasteiger partial charge in [-0.3, -0.25) is 9.59 Å². The normalized spacial score (nSPS) is 14.0. The molecule has 0 spiro atoms. The summed E-state index contributed by atoms with van der Waals surface area (Å²) in [4.78, 5) is 30.9. The molecular weight excluding hydrogens is 441 g/mol. The molecule has 1 saturated heterocycles. The first-order valence-electron chi connectivity index (χ1n) is 10.2. The minimum absolute atomic E-state index is 0.117. The number of pyridine rings is 1. The van der Waals surface area contributed by atoms with E-state index in [0.717, 1.165) is 55.4 Å². The van der Waals surface area contributed by atoms with Crippen LogP contribution in [0.25, 0.3) is 0 Å². The van der Waals surface area contributed by atoms with Crippen LogP contribution in [0.3, 0.4) is 0 Å². The van der Waals surface area contributed by atoms with Crippen LogP contribution in [0.2, 0.25) is 0 Å². The highest BCUT2D eigenvalue weighted by Crippen LogP contribution is 2.37. The van der Waals surface area contributed by atoms with Crippen LogP contribution in [0.4, 0.5) is 24.5 Å². The summed E-state index contributed by atoms with van der Waals surface area (Å²) in [5.41, 5.74) is 7.86. The molecule has 32 heavy (non-hydrogen) atoms. The van der Waals surface area contributed by atoms with Crippen molar-refractivity contribution in [3.63, 3.8) is 0 Å². The number of nitrogens with two attached hydrogens (primary N) is 1. The predicted octanol–water partition coefficient (Wildman–Crippen LogP) is 4.46. The van der Waals surface area contributed by atoms with Crippen LogP contribution in [-0.4, -0.2) is 35.6 Å². The maximum absolute atomic E-state index is 13.2. The molecule has 1 aliphatic rings. The minimum atomic E-state index is -4.52. The van der Waals surface area contributed by atoms with Crippen LogP contribution in [0.5, 0.6) is 0 Å². The lowest BCUT2D eigenvalue weighted by molar-refractivity contribution is -0.137. The zero-order chi connectivity index (χ0) is 23.6. The number of hydrogen-bond acceptors (Lipinski definition) is 5. The lowest BCUT2D eigenvalue weighted by atomic mass is 10.0. The summed E-state index contributed by atoms with van der Waals surface area (Å²) in [7, 11) is 0. The fraction of sp³-hybridized carbons (Fsp3) is 0.409. The van der Waals surface area contributed by atoms with Gasteiger partial charge in [0.1, 0.15) is 5.03 Å². The Labute approximate surface area is 188 Å². The summed E-state index contributed by atoms with van der Waals surface area (Å²) >= 11 is 1.03. The first-order valence-corrected chi connectivity index (χ1v) is 11.1. The summed E-state index contributed by atoms with van der Waals surface area (Å²) in [6.45, 7) is 6.83. The first-order chi connectivity index (χ1) is 15.0. The van der Waals surface area contributed by atoms with Gasteiger partial charge in [0.05, 0.1) is 28.3 Å². The quantitative estimate of drug-likeness (QED) is 0.614. The molecule has 10 heteroatoms. The molecular formula is C22H25F3N4O2S. The SMILES string of the molecule is Cc1nc(SCC(=O)Nc2cc(C(F)(F)F)ccc2N2CCCC2)c(C(N)=O)c(C)c1C. The molecule has 172 valence electrons. The Morgan fingerprint density at radius 3 is 2.41 bits per heavy atom. The number of rotatable bonds is 6. The Morgan fingerprint density at radius 2 is 1.81 bits per heavy atom. The van der Waals surface area contributed by atoms with Crippen molar-refractivity contribution in [3.05, 3.63) is 46.1 Å². The van der Waals surface area contributed by atoms with Crippen LogP contribution >= 0.6 is 11.8 Å². The van der Waals surface area contributed by atoms with Gasteiger partial charge in [-0.25, -0.2) is 4.98 Å². The van der Waals surface area contributed by atoms with Gasteiger partial charge >= 0.3 is 6.18 Å². The fourth-order valence-corrected chi connectivity index (χ4v) is 4.61. The Balaban J connectivity index is 1.83. The second-order valence-electron chi connectivity index (χ2n) is 7.75. The maximum Gasteiger partial charge on any atom is 0.416 e. The number of hydrogen-bond donors (Lipinski definition) is 2. The average Bonchev–Trinajstić information content (AvgIpc) is 3.24. The molecule has 0 saturated carbocycles. The van der Waals surface area contributed by atoms with E-state index in [2.05, 4.69) is 10.3 Å². The van der Waals surface area contributed by atoms with E-state index < -0.39 is 23.6 Å². The number of nitrogens with zero attached hydrogens (tertiary/aromatic N) is 2. The van der Waals surface area contributed by atoms with Gasteiger partial charge in [-0.1, -0.05) is 11.8 Å². The average molecular weight is 467 g/mol. The van der Waals surface area contributed by atoms with E-state index in [0.29, 0.717) is 22.0 Å². The Bertz CT molecular complexity index is 1050. The third-order valence-corrected chi connectivity index (χ3v) is 6.57. The number of carbonyl (C=O) groups is 2. The molecule has 0 bridgehead atoms. The number of carbonyl (C=O) groups excluding carboxylic acids is 2. The van der Waals surface area contributed by atoms with E-state index in [4.69, 9.17) is 5.73 Å². The summed E-state index contributed by atoms with van der Waals surface area (Å²) < 4.78 is 39.7. The van der Waals surface area contributed by atoms with E-state index in [9.17, 15) is 22.8 Å². The molecule has 3 N–H and O–H groups in total. The molecule has 0 atom stereocenters. The van der Waals surface area contributed by atoms with Crippen LogP contribution < -0.4 is 16.0 Å². The number of alkyl halides is 3. The molecule has 1 aliphatic heterocycles. The van der Waals surface area contributed by atoms with E-state index in [1.54, 1.807) is 13.8 Å². The number of anilines is 2. The Morgan fingerprint density at radius 1 is 1.16 bits per heavy atom. The number of primary amides is 1. The van der Waals surface area contributed by atoms with Crippen LogP contribution in [0.15, 0.2) is 23.2 Å². The number of aromatic nitrogens is 1. The molecule has 1 aromatic heterocycles. The van der Waals surface area contributed by atoms with Gasteiger partial charge in [0, 0.05) is 18.8 Å². The van der Waals surface area contributed by atoms with Crippen molar-refractivity contribution in [1.82, 2.24) is 4.98 Å². The highest BCUT2D eigenvalue weighted by atomic mass is 32.2. The van der Waals surface area contributed by atoms with Gasteiger partial charge in [-0.2, -0.15) is 13.2 Å². The Kier molecular flexibility index (Phi) is 7.02. The van der Waals surface area contributed by atoms with Gasteiger partial charge in [-0.15, -0.1) is 0 Å². The number of halogens is 3. The number of thioether (sulfide) groups is 1. The van der Waals surface area contributed by atoms with Crippen LogP contribution in [0.1, 0.15) is 45.6 Å². The van der Waals surface area contributed by atoms with Crippen LogP contribution in [0, 0.1) is 20.8 Å². The molecule has 1 aromatic carbocycles. The van der Waals surface area contributed by atoms with E-state index >= 15 is 0 Å². The highest BCUT2D eigenvalue weighted by molar-refractivity contribution is 8.00. The van der Waals surface area contributed by atoms with Crippen molar-refractivity contribution < 1.29 is 22.8 Å². The topological polar surface area (TPSA) is 88.3 Å². The third-order valence-electron chi connectivity index (χ3n) is 5.59. The molecule has 1 fully saturated rings. The van der Waals surface area contributed by atoms with Gasteiger partial charge in [-0.05, 0) is 62.9 Å². The van der Waals surface area contributed by atoms with Gasteiger partial charge in [0.15, 0.2) is 0 Å². The van der Waals surface area contributed by atoms with Crippen molar-refractivity contribution in [1.29, 1.82) is 0 Å². The molecule has 6 nitrogen and oxygen atoms in total. The molecule has 0 radical (unpaired) electrons. The van der Waals surface area contributed by atoms with Crippen molar-refractivity contribution >= 4 is 35.0 Å². The van der Waals surface area contributed by atoms with Crippen molar-refractivity contribution in [2.24, 2.45) is 5.73 Å². The number of aryl methyl sites for hydroxylation is 1. The molecule has 0 aliphatic carbocycles. The molecule has 2 amide bonds. The zero-order valence-corrected chi connectivity index (χ0v) is 18.9. The summed E-state index contributed by atoms with van der Waals surface area (Å²) in [6.07, 6.45) is -2.63. The highest BCUT2D eigenvalue weighted by Gasteiger charge is 2.32. The molecule has 0 unspecified atom stereocenters. The predicted molar refractivity (Wildman–Crippen MR) is 119 cm³/mol. The van der Waals surface area contributed by atoms with Crippen LogP contribution in [-0.2, 0) is 11.0 Å². The van der Waals surface area contributed by atoms with Gasteiger partial charge in [0.2, 0.25) is 5.91 Å². The minimum Gasteiger partial charge on any atom is -0.370 e. The maximum atomic E-state index is 13.2. The molecule has 2 aromatic rings. The van der Waals surface area contributed by atoms with E-state index in [-0.39, 0.29) is 17.0 Å². The molecule has 3 rings (SSSR count). The number of benzene rings is 1. The van der Waals surface area contributed by atoms with Crippen molar-refractivity contribution in [3.8, 4) is 0 Å². The number of amides is 2. The lowest BCUT2D eigenvalue weighted by Crippen LogP contribution is -2.23. The lowest BCUT2D eigenvalue weighted by Gasteiger charge is -2.23. The second-order valence-corrected chi connectivity index (χ2v) is 8.72. The van der Waals surface area contributed by atoms with Crippen molar-refractivity contribution in [2.75, 3.05) is 29.1 Å². The van der Waals surface area contributed by atoms with E-state index in [1.807, 2.05) is 11.8 Å². The van der Waals surface area contributed by atoms with E-state index in [1.165, 1.54) is 6.07 Å². The fourth-order valence-electron chi connectivity index (χ4n) is 3.67. The second kappa shape index (κ2) is 9.40. The summed E-state index contributed by atoms with van der Waals surface area (Å²) in [5, 5.41) is 2.94. The standard InChI is InChI=1S/C22H25F3N4O2S/c1-12-13(2)19(20(26)31)21(27-14(12)3)32-11-18(30)28-16-10-15(22(23,24)25)6-7-17(16)29-8-4-5-9-29/h6-7,10H,4-5,8-9,11H2,1-3H3,(H2,26,31)(H,28,30). The zero-order valence-electron chi connectivity index (χ0n) is 18.1. The van der Waals surface area contributed by atoms with Crippen molar-refractivity contribution in [2.45, 2.75) is 44.8 Å². The Hall–Kier alpha value is -2.75. The number of nitrogens with one attached hydrogen (secondary N) is 1. The monoisotopic (exact) mass is 466 g/mol. The largest absolute Gasteiger partial charge is 0.416 e. The smallest absolute Gasteiger partial charge is 0.370 e. The summed E-state index contributed by atoms with van der Waals surface area (Å²) in [6, 6.07) is 3.39. The van der Waals surface area contributed by atoms with Gasteiger partial charge in [0.25, 0.3) is 5.91 Å².